The van der Waals surface area contributed by atoms with E-state index in [9.17, 15) is 9.59 Å². The van der Waals surface area contributed by atoms with Gasteiger partial charge in [0.05, 0.1) is 18.7 Å². The van der Waals surface area contributed by atoms with Crippen LogP contribution >= 0.6 is 0 Å². The fourth-order valence-electron chi connectivity index (χ4n) is 2.52. The molecule has 0 aromatic heterocycles. The van der Waals surface area contributed by atoms with E-state index in [1.54, 1.807) is 29.2 Å². The minimum absolute atomic E-state index is 0.147. The highest BCUT2D eigenvalue weighted by Crippen LogP contribution is 2.26. The van der Waals surface area contributed by atoms with Gasteiger partial charge >= 0.3 is 0 Å². The molecule has 0 radical (unpaired) electrons. The Labute approximate surface area is 139 Å². The second-order valence-corrected chi connectivity index (χ2v) is 5.42. The van der Waals surface area contributed by atoms with E-state index in [4.69, 9.17) is 15.2 Å². The van der Waals surface area contributed by atoms with Gasteiger partial charge in [0.25, 0.3) is 5.91 Å². The van der Waals surface area contributed by atoms with Gasteiger partial charge in [-0.2, -0.15) is 0 Å². The van der Waals surface area contributed by atoms with Gasteiger partial charge in [-0.15, -0.1) is 0 Å². The summed E-state index contributed by atoms with van der Waals surface area (Å²) < 4.78 is 11.1. The van der Waals surface area contributed by atoms with E-state index < -0.39 is 12.0 Å². The number of nitrogens with zero attached hydrogens (tertiary/aromatic N) is 1. The number of hydrogen-bond acceptors (Lipinski definition) is 4. The number of carbonyl (C=O) groups excluding carboxylic acids is 2. The molecule has 1 heterocycles. The van der Waals surface area contributed by atoms with Crippen molar-refractivity contribution < 1.29 is 19.1 Å². The minimum Gasteiger partial charge on any atom is -0.457 e. The Bertz CT molecular complexity index is 733. The lowest BCUT2D eigenvalue weighted by atomic mass is 10.1. The Morgan fingerprint density at radius 2 is 1.79 bits per heavy atom. The summed E-state index contributed by atoms with van der Waals surface area (Å²) >= 11 is 0. The third kappa shape index (κ3) is 3.55. The fraction of sp³-hybridized carbons (Fsp3) is 0.222. The Morgan fingerprint density at radius 1 is 1.08 bits per heavy atom. The van der Waals surface area contributed by atoms with E-state index in [0.717, 1.165) is 0 Å². The molecule has 1 fully saturated rings. The molecule has 2 aromatic rings. The molecule has 0 aliphatic carbocycles. The molecule has 0 spiro atoms. The molecule has 24 heavy (non-hydrogen) atoms. The standard InChI is InChI=1S/C18H18N2O4/c19-17(21)16-12-20(10-11-23-16)18(22)14-8-4-5-9-15(14)24-13-6-2-1-3-7-13/h1-9,16H,10-12H2,(H2,19,21)/t16-/m0/s1. The van der Waals surface area contributed by atoms with E-state index >= 15 is 0 Å². The molecule has 3 rings (SSSR count). The number of hydrogen-bond donors (Lipinski definition) is 1. The topological polar surface area (TPSA) is 81.9 Å². The molecular weight excluding hydrogens is 308 g/mol. The first kappa shape index (κ1) is 16.0. The van der Waals surface area contributed by atoms with Crippen LogP contribution in [-0.2, 0) is 9.53 Å². The number of morpholine rings is 1. The van der Waals surface area contributed by atoms with Gasteiger partial charge in [0, 0.05) is 6.54 Å². The SMILES string of the molecule is NC(=O)[C@@H]1CN(C(=O)c2ccccc2Oc2ccccc2)CCO1. The second-order valence-electron chi connectivity index (χ2n) is 5.42. The lowest BCUT2D eigenvalue weighted by Crippen LogP contribution is -2.50. The molecule has 0 bridgehead atoms. The quantitative estimate of drug-likeness (QED) is 0.929. The van der Waals surface area contributed by atoms with Crippen LogP contribution in [0.15, 0.2) is 54.6 Å². The van der Waals surface area contributed by atoms with Crippen molar-refractivity contribution in [3.05, 3.63) is 60.2 Å². The highest BCUT2D eigenvalue weighted by atomic mass is 16.5. The third-order valence-corrected chi connectivity index (χ3v) is 3.76. The lowest BCUT2D eigenvalue weighted by Gasteiger charge is -2.31. The van der Waals surface area contributed by atoms with Gasteiger partial charge in [0.2, 0.25) is 5.91 Å². The Balaban J connectivity index is 1.81. The summed E-state index contributed by atoms with van der Waals surface area (Å²) in [5.41, 5.74) is 5.71. The van der Waals surface area contributed by atoms with Crippen molar-refractivity contribution in [2.24, 2.45) is 5.73 Å². The van der Waals surface area contributed by atoms with E-state index in [0.29, 0.717) is 23.6 Å². The van der Waals surface area contributed by atoms with Gasteiger partial charge in [0.15, 0.2) is 6.10 Å². The molecule has 0 saturated carbocycles. The van der Waals surface area contributed by atoms with Crippen LogP contribution in [-0.4, -0.2) is 42.5 Å². The van der Waals surface area contributed by atoms with Crippen LogP contribution in [0.2, 0.25) is 0 Å². The third-order valence-electron chi connectivity index (χ3n) is 3.76. The summed E-state index contributed by atoms with van der Waals surface area (Å²) in [6.45, 7) is 0.831. The van der Waals surface area contributed by atoms with Crippen molar-refractivity contribution in [3.8, 4) is 11.5 Å². The number of para-hydroxylation sites is 2. The minimum atomic E-state index is -0.773. The number of benzene rings is 2. The van der Waals surface area contributed by atoms with Crippen LogP contribution in [0, 0.1) is 0 Å². The van der Waals surface area contributed by atoms with Gasteiger partial charge in [-0.05, 0) is 24.3 Å². The Kier molecular flexibility index (Phi) is 4.77. The predicted octanol–water partition coefficient (Wildman–Crippen LogP) is 1.81. The second kappa shape index (κ2) is 7.14. The Hall–Kier alpha value is -2.86. The fourth-order valence-corrected chi connectivity index (χ4v) is 2.52. The molecule has 2 aromatic carbocycles. The number of amides is 2. The molecule has 6 heteroatoms. The smallest absolute Gasteiger partial charge is 0.257 e. The summed E-state index contributed by atoms with van der Waals surface area (Å²) in [7, 11) is 0. The first-order valence-corrected chi connectivity index (χ1v) is 7.67. The van der Waals surface area contributed by atoms with Gasteiger partial charge < -0.3 is 20.1 Å². The monoisotopic (exact) mass is 326 g/mol. The van der Waals surface area contributed by atoms with Crippen molar-refractivity contribution in [1.82, 2.24) is 4.90 Å². The molecule has 0 unspecified atom stereocenters. The maximum absolute atomic E-state index is 12.8. The predicted molar refractivity (Wildman–Crippen MR) is 87.8 cm³/mol. The van der Waals surface area contributed by atoms with Crippen LogP contribution in [0.3, 0.4) is 0 Å². The number of rotatable bonds is 4. The number of carbonyl (C=O) groups is 2. The van der Waals surface area contributed by atoms with E-state index in [2.05, 4.69) is 0 Å². The summed E-state index contributed by atoms with van der Waals surface area (Å²) in [5.74, 6) is 0.336. The van der Waals surface area contributed by atoms with Crippen molar-refractivity contribution in [1.29, 1.82) is 0 Å². The molecule has 1 atom stereocenters. The van der Waals surface area contributed by atoms with E-state index in [1.165, 1.54) is 0 Å². The van der Waals surface area contributed by atoms with Crippen LogP contribution < -0.4 is 10.5 Å². The lowest BCUT2D eigenvalue weighted by molar-refractivity contribution is -0.133. The normalized spacial score (nSPS) is 17.3. The van der Waals surface area contributed by atoms with Crippen LogP contribution in [0.1, 0.15) is 10.4 Å². The van der Waals surface area contributed by atoms with E-state index in [1.807, 2.05) is 30.3 Å². The largest absolute Gasteiger partial charge is 0.457 e. The average molecular weight is 326 g/mol. The molecule has 2 N–H and O–H groups in total. The van der Waals surface area contributed by atoms with Crippen LogP contribution in [0.5, 0.6) is 11.5 Å². The number of ether oxygens (including phenoxy) is 2. The zero-order valence-electron chi connectivity index (χ0n) is 13.1. The number of nitrogens with two attached hydrogens (primary N) is 1. The summed E-state index contributed by atoms with van der Waals surface area (Å²) in [6, 6.07) is 16.3. The molecule has 1 saturated heterocycles. The zero-order chi connectivity index (χ0) is 16.9. The first-order chi connectivity index (χ1) is 11.6. The highest BCUT2D eigenvalue weighted by molar-refractivity contribution is 5.97. The first-order valence-electron chi connectivity index (χ1n) is 7.67. The van der Waals surface area contributed by atoms with Gasteiger partial charge in [-0.1, -0.05) is 30.3 Å². The average Bonchev–Trinajstić information content (AvgIpc) is 2.62. The molecule has 1 aliphatic heterocycles. The van der Waals surface area contributed by atoms with E-state index in [-0.39, 0.29) is 19.1 Å². The molecular formula is C18H18N2O4. The van der Waals surface area contributed by atoms with Crippen LogP contribution in [0.25, 0.3) is 0 Å². The highest BCUT2D eigenvalue weighted by Gasteiger charge is 2.29. The number of primary amides is 1. The van der Waals surface area contributed by atoms with Gasteiger partial charge in [0.1, 0.15) is 11.5 Å². The summed E-state index contributed by atoms with van der Waals surface area (Å²) in [5, 5.41) is 0. The molecule has 1 aliphatic rings. The van der Waals surface area contributed by atoms with Gasteiger partial charge in [-0.25, -0.2) is 0 Å². The zero-order valence-corrected chi connectivity index (χ0v) is 13.1. The van der Waals surface area contributed by atoms with Crippen molar-refractivity contribution in [3.63, 3.8) is 0 Å². The maximum atomic E-state index is 12.8. The Morgan fingerprint density at radius 3 is 2.54 bits per heavy atom. The summed E-state index contributed by atoms with van der Waals surface area (Å²) in [4.78, 5) is 25.7. The summed E-state index contributed by atoms with van der Waals surface area (Å²) in [6.07, 6.45) is -0.773. The van der Waals surface area contributed by atoms with Gasteiger partial charge in [-0.3, -0.25) is 9.59 Å². The van der Waals surface area contributed by atoms with Crippen molar-refractivity contribution >= 4 is 11.8 Å². The maximum Gasteiger partial charge on any atom is 0.257 e. The van der Waals surface area contributed by atoms with Crippen molar-refractivity contribution in [2.75, 3.05) is 19.7 Å². The van der Waals surface area contributed by atoms with Crippen LogP contribution in [0.4, 0.5) is 0 Å². The molecule has 124 valence electrons. The molecule has 6 nitrogen and oxygen atoms in total. The molecule has 2 amide bonds. The van der Waals surface area contributed by atoms with Crippen molar-refractivity contribution in [2.45, 2.75) is 6.10 Å².